The minimum atomic E-state index is -1.98. The van der Waals surface area contributed by atoms with E-state index in [0.717, 1.165) is 44.9 Å². The highest BCUT2D eigenvalue weighted by molar-refractivity contribution is 5.76. The van der Waals surface area contributed by atoms with Crippen molar-refractivity contribution in [1.82, 2.24) is 5.32 Å². The first kappa shape index (κ1) is 58.6. The Morgan fingerprint density at radius 1 is 0.530 bits per heavy atom. The maximum Gasteiger partial charge on any atom is 0.220 e. The molecule has 3 aliphatic heterocycles. The van der Waals surface area contributed by atoms with Gasteiger partial charge in [-0.2, -0.15) is 0 Å². The molecular weight excluding hydrogens is 867 g/mol. The molecule has 3 heterocycles. The highest BCUT2D eigenvalue weighted by Crippen LogP contribution is 2.33. The van der Waals surface area contributed by atoms with E-state index in [0.29, 0.717) is 12.8 Å². The molecule has 17 unspecified atom stereocenters. The molecule has 3 aliphatic rings. The zero-order valence-electron chi connectivity index (χ0n) is 39.2. The lowest BCUT2D eigenvalue weighted by Gasteiger charge is -2.48. The van der Waals surface area contributed by atoms with Gasteiger partial charge >= 0.3 is 0 Å². The second kappa shape index (κ2) is 33.0. The van der Waals surface area contributed by atoms with E-state index < -0.39 is 124 Å². The molecule has 0 aromatic heterocycles. The van der Waals surface area contributed by atoms with Gasteiger partial charge in [-0.1, -0.05) is 128 Å². The number of carbonyl (C=O) groups is 1. The number of carbonyl (C=O) groups excluding carboxylic acids is 1. The lowest BCUT2D eigenvalue weighted by Crippen LogP contribution is -2.66. The van der Waals surface area contributed by atoms with E-state index in [4.69, 9.17) is 28.4 Å². The van der Waals surface area contributed by atoms with Gasteiger partial charge in [-0.05, 0) is 25.7 Å². The van der Waals surface area contributed by atoms with E-state index in [1.54, 1.807) is 6.08 Å². The Morgan fingerprint density at radius 3 is 1.50 bits per heavy atom. The fraction of sp³-hybridized carbons (Fsp3) is 0.894. The predicted molar refractivity (Wildman–Crippen MR) is 240 cm³/mol. The Kier molecular flexibility index (Phi) is 29.3. The quantitative estimate of drug-likeness (QED) is 0.0321. The summed E-state index contributed by atoms with van der Waals surface area (Å²) in [5.41, 5.74) is 0. The van der Waals surface area contributed by atoms with Gasteiger partial charge in [-0.15, -0.1) is 0 Å². The summed E-state index contributed by atoms with van der Waals surface area (Å²) in [6.45, 7) is 1.57. The molecule has 1 amide bonds. The minimum Gasteiger partial charge on any atom is -0.394 e. The third kappa shape index (κ3) is 19.2. The highest BCUT2D eigenvalue weighted by Gasteiger charge is 2.53. The van der Waals surface area contributed by atoms with Crippen LogP contribution in [0.2, 0.25) is 0 Å². The van der Waals surface area contributed by atoms with Crippen LogP contribution in [0.1, 0.15) is 136 Å². The lowest BCUT2D eigenvalue weighted by molar-refractivity contribution is -0.379. The van der Waals surface area contributed by atoms with Crippen LogP contribution in [-0.2, 0) is 33.2 Å². The van der Waals surface area contributed by atoms with Gasteiger partial charge < -0.3 is 89.9 Å². The highest BCUT2D eigenvalue weighted by atomic mass is 16.8. The van der Waals surface area contributed by atoms with Crippen molar-refractivity contribution in [2.45, 2.75) is 240 Å². The van der Waals surface area contributed by atoms with Crippen molar-refractivity contribution in [3.8, 4) is 0 Å². The van der Waals surface area contributed by atoms with Crippen molar-refractivity contribution in [1.29, 1.82) is 0 Å². The normalized spacial score (nSPS) is 34.0. The third-order valence-electron chi connectivity index (χ3n) is 12.5. The van der Waals surface area contributed by atoms with Crippen LogP contribution in [-0.4, -0.2) is 193 Å². The molecule has 19 nitrogen and oxygen atoms in total. The van der Waals surface area contributed by atoms with Gasteiger partial charge in [-0.25, -0.2) is 0 Å². The van der Waals surface area contributed by atoms with Gasteiger partial charge in [0.1, 0.15) is 73.2 Å². The number of allylic oxidation sites excluding steroid dienone is 3. The number of hydrogen-bond donors (Lipinski definition) is 12. The number of hydrogen-bond acceptors (Lipinski definition) is 18. The molecule has 0 aromatic carbocycles. The van der Waals surface area contributed by atoms with E-state index in [2.05, 4.69) is 31.3 Å². The Labute approximate surface area is 390 Å². The molecule has 0 saturated carbocycles. The molecule has 17 atom stereocenters. The van der Waals surface area contributed by atoms with E-state index in [1.807, 2.05) is 6.08 Å². The average molecular weight is 952 g/mol. The molecular formula is C47H85NO18. The molecule has 0 spiro atoms. The van der Waals surface area contributed by atoms with E-state index in [-0.39, 0.29) is 18.9 Å². The zero-order chi connectivity index (χ0) is 48.4. The first-order valence-corrected chi connectivity index (χ1v) is 24.6. The van der Waals surface area contributed by atoms with Gasteiger partial charge in [0, 0.05) is 6.42 Å². The lowest BCUT2D eigenvalue weighted by atomic mass is 9.96. The molecule has 19 heteroatoms. The molecule has 0 aromatic rings. The maximum absolute atomic E-state index is 13.1. The molecule has 386 valence electrons. The monoisotopic (exact) mass is 952 g/mol. The molecule has 0 bridgehead atoms. The van der Waals surface area contributed by atoms with Gasteiger partial charge in [0.15, 0.2) is 18.9 Å². The molecule has 66 heavy (non-hydrogen) atoms. The summed E-state index contributed by atoms with van der Waals surface area (Å²) in [4.78, 5) is 13.1. The van der Waals surface area contributed by atoms with Crippen molar-refractivity contribution >= 4 is 5.91 Å². The minimum absolute atomic E-state index is 0.238. The van der Waals surface area contributed by atoms with E-state index >= 15 is 0 Å². The van der Waals surface area contributed by atoms with Crippen molar-refractivity contribution in [3.05, 3.63) is 24.3 Å². The molecule has 12 N–H and O–H groups in total. The number of rotatable bonds is 33. The summed E-state index contributed by atoms with van der Waals surface area (Å²) in [7, 11) is 0. The summed E-state index contributed by atoms with van der Waals surface area (Å²) in [6.07, 6.45) is 0.784. The van der Waals surface area contributed by atoms with Crippen molar-refractivity contribution in [2.75, 3.05) is 26.4 Å². The Hall–Kier alpha value is -1.73. The summed E-state index contributed by atoms with van der Waals surface area (Å²) in [5, 5.41) is 119. The van der Waals surface area contributed by atoms with Gasteiger partial charge in [0.2, 0.25) is 5.91 Å². The number of unbranched alkanes of at least 4 members (excludes halogenated alkanes) is 15. The topological polar surface area (TPSA) is 307 Å². The predicted octanol–water partition coefficient (Wildman–Crippen LogP) is 0.861. The van der Waals surface area contributed by atoms with Crippen LogP contribution in [0.4, 0.5) is 0 Å². The number of aliphatic hydroxyl groups is 11. The summed E-state index contributed by atoms with van der Waals surface area (Å²) >= 11 is 0. The average Bonchev–Trinajstić information content (AvgIpc) is 3.31. The Morgan fingerprint density at radius 2 is 0.970 bits per heavy atom. The first-order valence-electron chi connectivity index (χ1n) is 24.6. The largest absolute Gasteiger partial charge is 0.394 e. The molecule has 0 radical (unpaired) electrons. The van der Waals surface area contributed by atoms with Crippen LogP contribution in [0.5, 0.6) is 0 Å². The van der Waals surface area contributed by atoms with Crippen molar-refractivity contribution in [3.63, 3.8) is 0 Å². The third-order valence-corrected chi connectivity index (χ3v) is 12.5. The van der Waals surface area contributed by atoms with Crippen LogP contribution in [0.25, 0.3) is 0 Å². The van der Waals surface area contributed by atoms with Gasteiger partial charge in [-0.3, -0.25) is 4.79 Å². The Balaban J connectivity index is 1.57. The molecule has 3 saturated heterocycles. The second-order valence-electron chi connectivity index (χ2n) is 17.9. The fourth-order valence-electron chi connectivity index (χ4n) is 8.31. The number of nitrogens with one attached hydrogen (secondary N) is 1. The zero-order valence-corrected chi connectivity index (χ0v) is 39.2. The van der Waals surface area contributed by atoms with Gasteiger partial charge in [0.05, 0.1) is 38.6 Å². The van der Waals surface area contributed by atoms with Crippen LogP contribution >= 0.6 is 0 Å². The number of aliphatic hydroxyl groups excluding tert-OH is 11. The first-order chi connectivity index (χ1) is 31.8. The fourth-order valence-corrected chi connectivity index (χ4v) is 8.31. The van der Waals surface area contributed by atoms with Gasteiger partial charge in [0.25, 0.3) is 0 Å². The number of ether oxygens (including phenoxy) is 6. The smallest absolute Gasteiger partial charge is 0.220 e. The van der Waals surface area contributed by atoms with Crippen LogP contribution in [0, 0.1) is 0 Å². The molecule has 3 rings (SSSR count). The molecule has 0 aliphatic carbocycles. The maximum atomic E-state index is 13.1. The standard InChI is InChI=1S/C47H85NO18/c1-3-5-7-9-11-13-14-15-16-17-19-21-23-25-35(53)48-30(31(52)24-22-20-18-12-10-8-6-4-2)29-61-45-41(59)38(56)43(33(27-50)63-45)66-47-42(60)39(57)44(34(28-51)64-47)65-46-40(58)37(55)36(54)32(26-49)62-46/h10,12,22,24,30-34,36-47,49-52,54-60H,3-9,11,13-21,23,25-29H2,1-2H3,(H,48,53)/b12-10+,24-22+. The van der Waals surface area contributed by atoms with E-state index in [1.165, 1.54) is 57.8 Å². The SMILES string of the molecule is CCCC/C=C/CC/C=C/C(O)C(COC1OC(CO)C(OC2OC(CO)C(OC3OC(CO)C(O)C(O)C3O)C(O)C2O)C(O)C1O)NC(=O)CCCCCCCCCCCCCCC. The second-order valence-corrected chi connectivity index (χ2v) is 17.9. The Bertz CT molecular complexity index is 1330. The van der Waals surface area contributed by atoms with Crippen molar-refractivity contribution in [2.24, 2.45) is 0 Å². The summed E-state index contributed by atoms with van der Waals surface area (Å²) < 4.78 is 34.0. The number of amides is 1. The summed E-state index contributed by atoms with van der Waals surface area (Å²) in [5.74, 6) is -0.292. The van der Waals surface area contributed by atoms with Crippen LogP contribution in [0.15, 0.2) is 24.3 Å². The van der Waals surface area contributed by atoms with Crippen LogP contribution in [0.3, 0.4) is 0 Å². The summed E-state index contributed by atoms with van der Waals surface area (Å²) in [6, 6.07) is -0.980. The van der Waals surface area contributed by atoms with Crippen molar-refractivity contribution < 1.29 is 89.4 Å². The van der Waals surface area contributed by atoms with Crippen LogP contribution < -0.4 is 5.32 Å². The molecule has 3 fully saturated rings. The van der Waals surface area contributed by atoms with E-state index in [9.17, 15) is 61.0 Å².